The van der Waals surface area contributed by atoms with E-state index in [2.05, 4.69) is 17.4 Å². The van der Waals surface area contributed by atoms with Crippen molar-refractivity contribution in [2.24, 2.45) is 0 Å². The molecule has 154 valence electrons. The minimum Gasteiger partial charge on any atom is -0.449 e. The van der Waals surface area contributed by atoms with Crippen LogP contribution in [0.5, 0.6) is 0 Å². The van der Waals surface area contributed by atoms with Gasteiger partial charge in [-0.1, -0.05) is 60.7 Å². The van der Waals surface area contributed by atoms with Crippen molar-refractivity contribution in [2.75, 3.05) is 18.9 Å². The summed E-state index contributed by atoms with van der Waals surface area (Å²) in [5.74, 6) is -0.0339. The summed E-state index contributed by atoms with van der Waals surface area (Å²) in [6.45, 7) is 0.0543. The molecule has 0 bridgehead atoms. The fraction of sp³-hybridized carbons (Fsp3) is 0.208. The van der Waals surface area contributed by atoms with E-state index in [4.69, 9.17) is 10.5 Å². The highest BCUT2D eigenvalue weighted by molar-refractivity contribution is 5.79. The van der Waals surface area contributed by atoms with Crippen molar-refractivity contribution < 1.29 is 19.7 Å². The maximum absolute atomic E-state index is 12.2. The number of ether oxygens (including phenoxy) is 1. The highest BCUT2D eigenvalue weighted by atomic mass is 16.5. The number of alkyl carbamates (subject to hydrolysis) is 1. The maximum Gasteiger partial charge on any atom is 0.407 e. The summed E-state index contributed by atoms with van der Waals surface area (Å²) in [5.41, 5.74) is 11.3. The van der Waals surface area contributed by atoms with Gasteiger partial charge in [-0.2, -0.15) is 0 Å². The number of anilines is 1. The molecule has 0 fully saturated rings. The van der Waals surface area contributed by atoms with Crippen LogP contribution in [0.15, 0.2) is 72.8 Å². The molecule has 3 aromatic carbocycles. The SMILES string of the molecule is Nc1ccc(C(O)C(O)CNC(=O)OCC2c3ccccc3-c3ccccc32)cc1. The molecule has 0 saturated heterocycles. The third-order valence-corrected chi connectivity index (χ3v) is 5.44. The second-order valence-electron chi connectivity index (χ2n) is 7.39. The van der Waals surface area contributed by atoms with Gasteiger partial charge in [0.05, 0.1) is 0 Å². The van der Waals surface area contributed by atoms with Crippen LogP contribution in [-0.2, 0) is 4.74 Å². The van der Waals surface area contributed by atoms with Crippen LogP contribution in [0.3, 0.4) is 0 Å². The van der Waals surface area contributed by atoms with Crippen molar-refractivity contribution in [3.8, 4) is 11.1 Å². The van der Waals surface area contributed by atoms with Crippen LogP contribution in [-0.4, -0.2) is 35.6 Å². The second kappa shape index (κ2) is 8.57. The molecule has 1 aliphatic carbocycles. The minimum atomic E-state index is -1.17. The molecule has 0 heterocycles. The zero-order valence-corrected chi connectivity index (χ0v) is 16.4. The highest BCUT2D eigenvalue weighted by Crippen LogP contribution is 2.44. The summed E-state index contributed by atoms with van der Waals surface area (Å²) in [6.07, 6.45) is -2.95. The molecule has 2 atom stereocenters. The van der Waals surface area contributed by atoms with Gasteiger partial charge in [0, 0.05) is 18.2 Å². The lowest BCUT2D eigenvalue weighted by molar-refractivity contribution is 0.0185. The zero-order chi connectivity index (χ0) is 21.1. The third kappa shape index (κ3) is 4.01. The van der Waals surface area contributed by atoms with E-state index in [-0.39, 0.29) is 19.1 Å². The van der Waals surface area contributed by atoms with Crippen LogP contribution >= 0.6 is 0 Å². The lowest BCUT2D eigenvalue weighted by atomic mass is 9.98. The van der Waals surface area contributed by atoms with Crippen LogP contribution < -0.4 is 11.1 Å². The first-order chi connectivity index (χ1) is 14.5. The molecule has 2 unspecified atom stereocenters. The first-order valence-electron chi connectivity index (χ1n) is 9.85. The van der Waals surface area contributed by atoms with Gasteiger partial charge in [0.25, 0.3) is 0 Å². The molecular formula is C24H24N2O4. The van der Waals surface area contributed by atoms with Crippen molar-refractivity contribution in [1.29, 1.82) is 0 Å². The van der Waals surface area contributed by atoms with Crippen molar-refractivity contribution in [3.05, 3.63) is 89.5 Å². The molecule has 0 aliphatic heterocycles. The number of benzene rings is 3. The second-order valence-corrected chi connectivity index (χ2v) is 7.39. The predicted octanol–water partition coefficient (Wildman–Crippen LogP) is 3.20. The number of rotatable bonds is 6. The van der Waals surface area contributed by atoms with E-state index >= 15 is 0 Å². The number of nitrogens with one attached hydrogen (secondary N) is 1. The monoisotopic (exact) mass is 404 g/mol. The van der Waals surface area contributed by atoms with Crippen molar-refractivity contribution >= 4 is 11.8 Å². The lowest BCUT2D eigenvalue weighted by Crippen LogP contribution is -2.36. The Bertz CT molecular complexity index is 990. The Labute approximate surface area is 174 Å². The molecule has 0 aromatic heterocycles. The summed E-state index contributed by atoms with van der Waals surface area (Å²) >= 11 is 0. The van der Waals surface area contributed by atoms with Gasteiger partial charge in [-0.15, -0.1) is 0 Å². The van der Waals surface area contributed by atoms with E-state index in [9.17, 15) is 15.0 Å². The Morgan fingerprint density at radius 2 is 1.50 bits per heavy atom. The van der Waals surface area contributed by atoms with Crippen LogP contribution in [0.25, 0.3) is 11.1 Å². The number of carbonyl (C=O) groups excluding carboxylic acids is 1. The van der Waals surface area contributed by atoms with E-state index in [1.807, 2.05) is 36.4 Å². The highest BCUT2D eigenvalue weighted by Gasteiger charge is 2.29. The van der Waals surface area contributed by atoms with Crippen molar-refractivity contribution in [1.82, 2.24) is 5.32 Å². The molecule has 5 N–H and O–H groups in total. The first-order valence-corrected chi connectivity index (χ1v) is 9.85. The van der Waals surface area contributed by atoms with Gasteiger partial charge in [0.2, 0.25) is 0 Å². The van der Waals surface area contributed by atoms with Gasteiger partial charge in [-0.25, -0.2) is 4.79 Å². The number of carbonyl (C=O) groups is 1. The fourth-order valence-electron chi connectivity index (χ4n) is 3.86. The quantitative estimate of drug-likeness (QED) is 0.472. The maximum atomic E-state index is 12.2. The minimum absolute atomic E-state index is 0.0339. The average molecular weight is 404 g/mol. The van der Waals surface area contributed by atoms with Crippen LogP contribution in [0.2, 0.25) is 0 Å². The summed E-state index contributed by atoms with van der Waals surface area (Å²) in [7, 11) is 0. The topological polar surface area (TPSA) is 105 Å². The normalized spacial score (nSPS) is 14.5. The molecule has 0 radical (unpaired) electrons. The zero-order valence-electron chi connectivity index (χ0n) is 16.4. The Hall–Kier alpha value is -3.35. The summed E-state index contributed by atoms with van der Waals surface area (Å²) in [4.78, 5) is 12.2. The molecule has 4 rings (SSSR count). The van der Waals surface area contributed by atoms with Crippen molar-refractivity contribution in [2.45, 2.75) is 18.1 Å². The van der Waals surface area contributed by atoms with Crippen LogP contribution in [0.1, 0.15) is 28.7 Å². The third-order valence-electron chi connectivity index (χ3n) is 5.44. The number of hydrogen-bond acceptors (Lipinski definition) is 5. The molecule has 6 heteroatoms. The molecule has 1 amide bonds. The van der Waals surface area contributed by atoms with Gasteiger partial charge >= 0.3 is 6.09 Å². The van der Waals surface area contributed by atoms with E-state index in [1.54, 1.807) is 24.3 Å². The van der Waals surface area contributed by atoms with Gasteiger partial charge in [-0.3, -0.25) is 0 Å². The van der Waals surface area contributed by atoms with E-state index in [1.165, 1.54) is 0 Å². The largest absolute Gasteiger partial charge is 0.449 e. The van der Waals surface area contributed by atoms with E-state index in [0.717, 1.165) is 22.3 Å². The van der Waals surface area contributed by atoms with Gasteiger partial charge < -0.3 is 26.0 Å². The molecule has 3 aromatic rings. The Balaban J connectivity index is 1.33. The number of aliphatic hydroxyl groups excluding tert-OH is 2. The molecule has 0 saturated carbocycles. The standard InChI is InChI=1S/C24H24N2O4/c25-16-11-9-15(10-12-16)23(28)22(27)13-26-24(29)30-14-21-19-7-3-1-5-17(19)18-6-2-4-8-20(18)21/h1-12,21-23,27-28H,13-14,25H2,(H,26,29). The summed E-state index contributed by atoms with van der Waals surface area (Å²) in [5, 5.41) is 22.9. The Kier molecular flexibility index (Phi) is 5.70. The number of aliphatic hydroxyl groups is 2. The Morgan fingerprint density at radius 3 is 2.10 bits per heavy atom. The first kappa shape index (κ1) is 19.9. The fourth-order valence-corrected chi connectivity index (χ4v) is 3.86. The smallest absolute Gasteiger partial charge is 0.407 e. The van der Waals surface area contributed by atoms with Crippen LogP contribution in [0.4, 0.5) is 10.5 Å². The predicted molar refractivity (Wildman–Crippen MR) is 115 cm³/mol. The van der Waals surface area contributed by atoms with Gasteiger partial charge in [0.15, 0.2) is 0 Å². The number of nitrogen functional groups attached to an aromatic ring is 1. The lowest BCUT2D eigenvalue weighted by Gasteiger charge is -2.19. The molecule has 0 spiro atoms. The van der Waals surface area contributed by atoms with E-state index in [0.29, 0.717) is 11.3 Å². The number of fused-ring (bicyclic) bond motifs is 3. The van der Waals surface area contributed by atoms with Crippen LogP contribution in [0, 0.1) is 0 Å². The van der Waals surface area contributed by atoms with Gasteiger partial charge in [-0.05, 0) is 39.9 Å². The summed E-state index contributed by atoms with van der Waals surface area (Å²) in [6, 6.07) is 22.8. The molecule has 30 heavy (non-hydrogen) atoms. The summed E-state index contributed by atoms with van der Waals surface area (Å²) < 4.78 is 5.43. The number of hydrogen-bond donors (Lipinski definition) is 4. The number of amides is 1. The number of nitrogens with two attached hydrogens (primary N) is 1. The van der Waals surface area contributed by atoms with Crippen molar-refractivity contribution in [3.63, 3.8) is 0 Å². The molecule has 1 aliphatic rings. The van der Waals surface area contributed by atoms with E-state index < -0.39 is 18.3 Å². The average Bonchev–Trinajstić information content (AvgIpc) is 3.10. The van der Waals surface area contributed by atoms with Gasteiger partial charge in [0.1, 0.15) is 18.8 Å². The molecular weight excluding hydrogens is 380 g/mol. The molecule has 6 nitrogen and oxygen atoms in total. The Morgan fingerprint density at radius 1 is 0.933 bits per heavy atom.